The van der Waals surface area contributed by atoms with Crippen LogP contribution in [0.15, 0.2) is 0 Å². The average Bonchev–Trinajstić information content (AvgIpc) is 2.49. The van der Waals surface area contributed by atoms with Crippen LogP contribution in [-0.4, -0.2) is 23.7 Å². The minimum atomic E-state index is -4.06. The highest BCUT2D eigenvalue weighted by Crippen LogP contribution is 2.32. The van der Waals surface area contributed by atoms with Gasteiger partial charge in [-0.05, 0) is 19.3 Å². The summed E-state index contributed by atoms with van der Waals surface area (Å²) in [6.07, 6.45) is 1.84. The summed E-state index contributed by atoms with van der Waals surface area (Å²) < 4.78 is 41.7. The van der Waals surface area contributed by atoms with Crippen LogP contribution in [0.4, 0.5) is 13.2 Å². The molecule has 0 unspecified atom stereocenters. The lowest BCUT2D eigenvalue weighted by Gasteiger charge is -2.31. The van der Waals surface area contributed by atoms with Crippen molar-refractivity contribution in [2.75, 3.05) is 11.9 Å². The molecule has 0 aromatic rings. The third-order valence-corrected chi connectivity index (χ3v) is 4.29. The second kappa shape index (κ2) is 6.98. The van der Waals surface area contributed by atoms with Gasteiger partial charge in [-0.3, -0.25) is 0 Å². The Morgan fingerprint density at radius 2 is 1.65 bits per heavy atom. The van der Waals surface area contributed by atoms with Crippen LogP contribution in [0, 0.1) is 0 Å². The van der Waals surface area contributed by atoms with Crippen molar-refractivity contribution in [1.82, 2.24) is 0 Å². The van der Waals surface area contributed by atoms with Gasteiger partial charge in [-0.25, -0.2) is 0 Å². The topological polar surface area (TPSA) is 9.23 Å². The Labute approximate surface area is 109 Å². The summed E-state index contributed by atoms with van der Waals surface area (Å²) in [7, 11) is 0. The lowest BCUT2D eigenvalue weighted by Crippen LogP contribution is -2.34. The second-order valence-corrected chi connectivity index (χ2v) is 5.36. The number of ether oxygens (including phenoxy) is 1. The van der Waals surface area contributed by atoms with E-state index in [1.54, 1.807) is 0 Å². The fraction of sp³-hybridized carbons (Fsp3) is 1.00. The molecule has 0 bridgehead atoms. The lowest BCUT2D eigenvalue weighted by molar-refractivity contribution is -0.141. The molecule has 0 spiro atoms. The van der Waals surface area contributed by atoms with E-state index in [-0.39, 0.29) is 18.6 Å². The van der Waals surface area contributed by atoms with Crippen molar-refractivity contribution in [2.24, 2.45) is 0 Å². The molecule has 0 aliphatic heterocycles. The van der Waals surface area contributed by atoms with Gasteiger partial charge in [0.25, 0.3) is 0 Å². The fourth-order valence-corrected chi connectivity index (χ4v) is 2.97. The van der Waals surface area contributed by atoms with Crippen LogP contribution in [0.3, 0.4) is 0 Å². The molecule has 1 rings (SSSR count). The van der Waals surface area contributed by atoms with Gasteiger partial charge < -0.3 is 4.74 Å². The monoisotopic (exact) mass is 316 g/mol. The molecule has 1 fully saturated rings. The molecule has 1 saturated carbocycles. The number of alkyl halides is 4. The molecule has 0 radical (unpaired) electrons. The van der Waals surface area contributed by atoms with Crippen molar-refractivity contribution in [3.8, 4) is 0 Å². The van der Waals surface area contributed by atoms with E-state index in [4.69, 9.17) is 4.74 Å². The Bertz CT molecular complexity index is 210. The molecule has 5 heteroatoms. The van der Waals surface area contributed by atoms with E-state index in [9.17, 15) is 13.2 Å². The minimum absolute atomic E-state index is 0.0677. The highest BCUT2D eigenvalue weighted by Gasteiger charge is 2.31. The van der Waals surface area contributed by atoms with Crippen LogP contribution < -0.4 is 0 Å². The number of hydrogen-bond acceptors (Lipinski definition) is 1. The van der Waals surface area contributed by atoms with Crippen molar-refractivity contribution < 1.29 is 17.9 Å². The molecule has 0 N–H and O–H groups in total. The number of halogens is 4. The van der Waals surface area contributed by atoms with Crippen LogP contribution >= 0.6 is 15.9 Å². The first-order chi connectivity index (χ1) is 7.97. The zero-order chi connectivity index (χ0) is 12.8. The van der Waals surface area contributed by atoms with Gasteiger partial charge in [0.05, 0.1) is 5.60 Å². The van der Waals surface area contributed by atoms with E-state index in [0.717, 1.165) is 31.0 Å². The van der Waals surface area contributed by atoms with Gasteiger partial charge in [-0.15, -0.1) is 0 Å². The molecule has 0 aromatic heterocycles. The Hall–Kier alpha value is 0.230. The van der Waals surface area contributed by atoms with Crippen molar-refractivity contribution in [3.63, 3.8) is 0 Å². The molecule has 0 amide bonds. The van der Waals surface area contributed by atoms with Crippen molar-refractivity contribution >= 4 is 15.9 Å². The normalized spacial score (nSPS) is 21.2. The summed E-state index contributed by atoms with van der Waals surface area (Å²) in [6.45, 7) is 0.213. The first kappa shape index (κ1) is 15.3. The Morgan fingerprint density at radius 1 is 1.06 bits per heavy atom. The molecule has 17 heavy (non-hydrogen) atoms. The molecule has 1 nitrogen and oxygen atoms in total. The quantitative estimate of drug-likeness (QED) is 0.401. The maximum absolute atomic E-state index is 12.0. The first-order valence-corrected chi connectivity index (χ1v) is 7.36. The van der Waals surface area contributed by atoms with E-state index in [1.165, 1.54) is 12.8 Å². The van der Waals surface area contributed by atoms with Crippen LogP contribution in [0.2, 0.25) is 0 Å². The summed E-state index contributed by atoms with van der Waals surface area (Å²) in [5, 5.41) is 0.728. The van der Waals surface area contributed by atoms with Gasteiger partial charge in [0.1, 0.15) is 0 Å². The molecular formula is C12H20BrF3O. The predicted molar refractivity (Wildman–Crippen MR) is 65.5 cm³/mol. The van der Waals surface area contributed by atoms with Crippen LogP contribution in [0.1, 0.15) is 51.4 Å². The molecule has 0 aromatic carbocycles. The summed E-state index contributed by atoms with van der Waals surface area (Å²) in [6, 6.07) is 0. The molecule has 102 valence electrons. The number of rotatable bonds is 5. The van der Waals surface area contributed by atoms with Gasteiger partial charge in [0.15, 0.2) is 0 Å². The summed E-state index contributed by atoms with van der Waals surface area (Å²) in [5.41, 5.74) is -0.220. The third-order valence-electron chi connectivity index (χ3n) is 3.27. The second-order valence-electron chi connectivity index (χ2n) is 4.80. The lowest BCUT2D eigenvalue weighted by atomic mass is 9.97. The van der Waals surface area contributed by atoms with Gasteiger partial charge >= 0.3 is 6.18 Å². The standard InChI is InChI=1S/C12H20BrF3O/c13-10-11(6-3-1-2-4-7-11)17-9-5-8-12(14,15)16/h1-10H2. The molecular weight excluding hydrogens is 297 g/mol. The molecule has 0 heterocycles. The van der Waals surface area contributed by atoms with Gasteiger partial charge in [0.2, 0.25) is 0 Å². The van der Waals surface area contributed by atoms with E-state index >= 15 is 0 Å². The molecule has 0 saturated heterocycles. The van der Waals surface area contributed by atoms with E-state index in [1.807, 2.05) is 0 Å². The Kier molecular flexibility index (Phi) is 6.27. The largest absolute Gasteiger partial charge is 0.389 e. The van der Waals surface area contributed by atoms with Crippen LogP contribution in [0.25, 0.3) is 0 Å². The maximum atomic E-state index is 12.0. The summed E-state index contributed by atoms with van der Waals surface area (Å²) in [4.78, 5) is 0. The van der Waals surface area contributed by atoms with E-state index < -0.39 is 12.6 Å². The van der Waals surface area contributed by atoms with E-state index in [2.05, 4.69) is 15.9 Å². The molecule has 0 atom stereocenters. The molecule has 1 aliphatic rings. The highest BCUT2D eigenvalue weighted by atomic mass is 79.9. The number of hydrogen-bond donors (Lipinski definition) is 0. The predicted octanol–water partition coefficient (Wildman–Crippen LogP) is 4.83. The first-order valence-electron chi connectivity index (χ1n) is 6.24. The highest BCUT2D eigenvalue weighted by molar-refractivity contribution is 9.09. The minimum Gasteiger partial charge on any atom is -0.374 e. The Morgan fingerprint density at radius 3 is 2.12 bits per heavy atom. The smallest absolute Gasteiger partial charge is 0.374 e. The zero-order valence-corrected chi connectivity index (χ0v) is 11.6. The third kappa shape index (κ3) is 6.09. The van der Waals surface area contributed by atoms with Gasteiger partial charge in [0, 0.05) is 18.4 Å². The van der Waals surface area contributed by atoms with Crippen LogP contribution in [-0.2, 0) is 4.74 Å². The summed E-state index contributed by atoms with van der Waals surface area (Å²) in [5.74, 6) is 0. The van der Waals surface area contributed by atoms with Crippen molar-refractivity contribution in [1.29, 1.82) is 0 Å². The SMILES string of the molecule is FC(F)(F)CCCOC1(CBr)CCCCCC1. The fourth-order valence-electron chi connectivity index (χ4n) is 2.25. The summed E-state index contributed by atoms with van der Waals surface area (Å²) >= 11 is 3.45. The zero-order valence-electron chi connectivity index (χ0n) is 9.99. The average molecular weight is 317 g/mol. The van der Waals surface area contributed by atoms with E-state index in [0.29, 0.717) is 0 Å². The van der Waals surface area contributed by atoms with Crippen LogP contribution in [0.5, 0.6) is 0 Å². The van der Waals surface area contributed by atoms with Crippen molar-refractivity contribution in [3.05, 3.63) is 0 Å². The maximum Gasteiger partial charge on any atom is 0.389 e. The molecule has 1 aliphatic carbocycles. The van der Waals surface area contributed by atoms with Gasteiger partial charge in [-0.2, -0.15) is 13.2 Å². The Balaban J connectivity index is 2.30. The van der Waals surface area contributed by atoms with Gasteiger partial charge in [-0.1, -0.05) is 41.6 Å². The van der Waals surface area contributed by atoms with Crippen molar-refractivity contribution in [2.45, 2.75) is 63.1 Å².